The fourth-order valence-electron chi connectivity index (χ4n) is 3.49. The molecule has 28 heavy (non-hydrogen) atoms. The van der Waals surface area contributed by atoms with E-state index in [0.29, 0.717) is 17.7 Å². The molecular formula is C21H26N4O3. The summed E-state index contributed by atoms with van der Waals surface area (Å²) in [7, 11) is 0. The van der Waals surface area contributed by atoms with Crippen LogP contribution in [0.3, 0.4) is 0 Å². The summed E-state index contributed by atoms with van der Waals surface area (Å²) in [6, 6.07) is 13.0. The maximum Gasteiger partial charge on any atom is 0.272 e. The van der Waals surface area contributed by atoms with Gasteiger partial charge in [0.1, 0.15) is 0 Å². The largest absolute Gasteiger partial charge is 0.369 e. The number of hydrogen-bond acceptors (Lipinski definition) is 5. The third kappa shape index (κ3) is 4.86. The first-order valence-corrected chi connectivity index (χ1v) is 9.51. The highest BCUT2D eigenvalue weighted by Crippen LogP contribution is 2.19. The zero-order valence-electron chi connectivity index (χ0n) is 16.4. The van der Waals surface area contributed by atoms with Crippen LogP contribution in [-0.4, -0.2) is 55.0 Å². The van der Waals surface area contributed by atoms with E-state index in [1.54, 1.807) is 13.0 Å². The molecule has 1 aliphatic heterocycles. The summed E-state index contributed by atoms with van der Waals surface area (Å²) in [6.07, 6.45) is 0. The van der Waals surface area contributed by atoms with Crippen molar-refractivity contribution in [3.05, 3.63) is 69.3 Å². The van der Waals surface area contributed by atoms with Crippen molar-refractivity contribution in [2.45, 2.75) is 13.8 Å². The molecule has 0 unspecified atom stereocenters. The Labute approximate surface area is 165 Å². The number of rotatable bonds is 6. The summed E-state index contributed by atoms with van der Waals surface area (Å²) < 4.78 is 0. The van der Waals surface area contributed by atoms with Crippen LogP contribution in [0.5, 0.6) is 0 Å². The number of anilines is 1. The molecule has 0 radical (unpaired) electrons. The van der Waals surface area contributed by atoms with Crippen molar-refractivity contribution in [2.75, 3.05) is 44.2 Å². The predicted molar refractivity (Wildman–Crippen MR) is 110 cm³/mol. The molecule has 3 rings (SSSR count). The maximum absolute atomic E-state index is 12.3. The lowest BCUT2D eigenvalue weighted by atomic mass is 10.1. The number of nitro benzene ring substituents is 1. The summed E-state index contributed by atoms with van der Waals surface area (Å²) in [4.78, 5) is 27.5. The van der Waals surface area contributed by atoms with E-state index in [-0.39, 0.29) is 11.6 Å². The summed E-state index contributed by atoms with van der Waals surface area (Å²) >= 11 is 0. The Morgan fingerprint density at radius 1 is 1.11 bits per heavy atom. The monoisotopic (exact) mass is 382 g/mol. The van der Waals surface area contributed by atoms with Crippen LogP contribution in [0.4, 0.5) is 11.4 Å². The second-order valence-corrected chi connectivity index (χ2v) is 7.18. The highest BCUT2D eigenvalue weighted by Gasteiger charge is 2.18. The summed E-state index contributed by atoms with van der Waals surface area (Å²) in [6.45, 7) is 8.95. The van der Waals surface area contributed by atoms with Gasteiger partial charge in [0.25, 0.3) is 11.6 Å². The van der Waals surface area contributed by atoms with Crippen molar-refractivity contribution in [3.8, 4) is 0 Å². The van der Waals surface area contributed by atoms with Gasteiger partial charge in [-0.25, -0.2) is 0 Å². The van der Waals surface area contributed by atoms with E-state index >= 15 is 0 Å². The molecule has 2 aromatic rings. The van der Waals surface area contributed by atoms with E-state index in [1.807, 2.05) is 0 Å². The first-order valence-electron chi connectivity index (χ1n) is 9.51. The Morgan fingerprint density at radius 3 is 2.50 bits per heavy atom. The standard InChI is InChI=1S/C21H26N4O3/c1-16-4-3-5-19(14-16)24-12-10-23(11-13-24)9-8-22-21(26)18-6-7-20(25(27)28)17(2)15-18/h3-7,14-15H,8-13H2,1-2H3,(H,22,26). The molecule has 0 aromatic heterocycles. The van der Waals surface area contributed by atoms with Crippen molar-refractivity contribution in [1.29, 1.82) is 0 Å². The molecule has 7 nitrogen and oxygen atoms in total. The van der Waals surface area contributed by atoms with Gasteiger partial charge in [-0.2, -0.15) is 0 Å². The predicted octanol–water partition coefficient (Wildman–Crippen LogP) is 2.76. The molecular weight excluding hydrogens is 356 g/mol. The average molecular weight is 382 g/mol. The molecule has 2 aromatic carbocycles. The number of carbonyl (C=O) groups is 1. The lowest BCUT2D eigenvalue weighted by molar-refractivity contribution is -0.385. The second kappa shape index (κ2) is 8.84. The normalized spacial score (nSPS) is 14.7. The van der Waals surface area contributed by atoms with Gasteiger partial charge in [0.05, 0.1) is 4.92 Å². The number of piperazine rings is 1. The van der Waals surface area contributed by atoms with Crippen LogP contribution < -0.4 is 10.2 Å². The van der Waals surface area contributed by atoms with Gasteiger partial charge in [-0.15, -0.1) is 0 Å². The Morgan fingerprint density at radius 2 is 1.86 bits per heavy atom. The molecule has 1 heterocycles. The molecule has 1 saturated heterocycles. The molecule has 1 N–H and O–H groups in total. The highest BCUT2D eigenvalue weighted by molar-refractivity contribution is 5.94. The average Bonchev–Trinajstić information content (AvgIpc) is 2.68. The smallest absolute Gasteiger partial charge is 0.272 e. The van der Waals surface area contributed by atoms with E-state index in [4.69, 9.17) is 0 Å². The van der Waals surface area contributed by atoms with Gasteiger partial charge in [0.2, 0.25) is 0 Å². The van der Waals surface area contributed by atoms with E-state index < -0.39 is 4.92 Å². The minimum absolute atomic E-state index is 0.0306. The molecule has 0 saturated carbocycles. The van der Waals surface area contributed by atoms with Crippen molar-refractivity contribution < 1.29 is 9.72 Å². The maximum atomic E-state index is 12.3. The van der Waals surface area contributed by atoms with Gasteiger partial charge in [-0.3, -0.25) is 19.8 Å². The van der Waals surface area contributed by atoms with Crippen molar-refractivity contribution in [3.63, 3.8) is 0 Å². The number of carbonyl (C=O) groups excluding carboxylic acids is 1. The first kappa shape index (κ1) is 19.8. The molecule has 1 aliphatic rings. The fourth-order valence-corrected chi connectivity index (χ4v) is 3.49. The van der Waals surface area contributed by atoms with Crippen LogP contribution >= 0.6 is 0 Å². The van der Waals surface area contributed by atoms with Gasteiger partial charge in [-0.1, -0.05) is 12.1 Å². The van der Waals surface area contributed by atoms with Gasteiger partial charge < -0.3 is 10.2 Å². The van der Waals surface area contributed by atoms with Crippen LogP contribution in [0.2, 0.25) is 0 Å². The minimum Gasteiger partial charge on any atom is -0.369 e. The van der Waals surface area contributed by atoms with Crippen LogP contribution in [0.15, 0.2) is 42.5 Å². The molecule has 7 heteroatoms. The number of benzene rings is 2. The summed E-state index contributed by atoms with van der Waals surface area (Å²) in [5.41, 5.74) is 3.51. The van der Waals surface area contributed by atoms with E-state index in [0.717, 1.165) is 32.7 Å². The lowest BCUT2D eigenvalue weighted by Gasteiger charge is -2.36. The molecule has 0 aliphatic carbocycles. The Hall–Kier alpha value is -2.93. The Balaban J connectivity index is 1.44. The summed E-state index contributed by atoms with van der Waals surface area (Å²) in [5, 5.41) is 13.8. The highest BCUT2D eigenvalue weighted by atomic mass is 16.6. The second-order valence-electron chi connectivity index (χ2n) is 7.18. The van der Waals surface area contributed by atoms with Gasteiger partial charge in [-0.05, 0) is 43.7 Å². The lowest BCUT2D eigenvalue weighted by Crippen LogP contribution is -2.48. The number of nitrogens with one attached hydrogen (secondary N) is 1. The number of hydrogen-bond donors (Lipinski definition) is 1. The number of nitro groups is 1. The van der Waals surface area contributed by atoms with Gasteiger partial charge in [0.15, 0.2) is 0 Å². The van der Waals surface area contributed by atoms with Crippen LogP contribution in [0, 0.1) is 24.0 Å². The van der Waals surface area contributed by atoms with Crippen LogP contribution in [0.1, 0.15) is 21.5 Å². The van der Waals surface area contributed by atoms with Gasteiger partial charge >= 0.3 is 0 Å². The quantitative estimate of drug-likeness (QED) is 0.614. The topological polar surface area (TPSA) is 78.7 Å². The molecule has 1 fully saturated rings. The van der Waals surface area contributed by atoms with Gasteiger partial charge in [0, 0.05) is 62.1 Å². The minimum atomic E-state index is -0.437. The zero-order chi connectivity index (χ0) is 20.1. The third-order valence-corrected chi connectivity index (χ3v) is 5.11. The molecule has 148 valence electrons. The molecule has 0 atom stereocenters. The zero-order valence-corrected chi connectivity index (χ0v) is 16.4. The number of aryl methyl sites for hydroxylation is 2. The fraction of sp³-hybridized carbons (Fsp3) is 0.381. The molecule has 1 amide bonds. The number of amides is 1. The van der Waals surface area contributed by atoms with Crippen molar-refractivity contribution >= 4 is 17.3 Å². The van der Waals surface area contributed by atoms with E-state index in [2.05, 4.69) is 46.3 Å². The van der Waals surface area contributed by atoms with Crippen molar-refractivity contribution in [1.82, 2.24) is 10.2 Å². The van der Waals surface area contributed by atoms with E-state index in [1.165, 1.54) is 23.4 Å². The summed E-state index contributed by atoms with van der Waals surface area (Å²) in [5.74, 6) is -0.198. The SMILES string of the molecule is Cc1cccc(N2CCN(CCNC(=O)c3ccc([N+](=O)[O-])c(C)c3)CC2)c1. The van der Waals surface area contributed by atoms with Crippen LogP contribution in [0.25, 0.3) is 0 Å². The molecule has 0 spiro atoms. The van der Waals surface area contributed by atoms with Crippen molar-refractivity contribution in [2.24, 2.45) is 0 Å². The first-order chi connectivity index (χ1) is 13.4. The van der Waals surface area contributed by atoms with Crippen LogP contribution in [-0.2, 0) is 0 Å². The number of nitrogens with zero attached hydrogens (tertiary/aromatic N) is 3. The Bertz CT molecular complexity index is 860. The molecule has 0 bridgehead atoms. The Kier molecular flexibility index (Phi) is 6.26. The third-order valence-electron chi connectivity index (χ3n) is 5.11. The van der Waals surface area contributed by atoms with E-state index in [9.17, 15) is 14.9 Å².